The average molecular weight is 430 g/mol. The van der Waals surface area contributed by atoms with Gasteiger partial charge in [-0.15, -0.1) is 0 Å². The number of ether oxygens (including phenoxy) is 3. The lowest BCUT2D eigenvalue weighted by Crippen LogP contribution is -2.41. The van der Waals surface area contributed by atoms with E-state index >= 15 is 0 Å². The summed E-state index contributed by atoms with van der Waals surface area (Å²) in [6.07, 6.45) is 3.20. The maximum absolute atomic E-state index is 11.2. The Kier molecular flexibility index (Phi) is 6.59. The SMILES string of the molecule is CC(=O)OC[C@H]1O[C@@H](Cc2ccc(I)cc2)C=C[C@@H]1OC(C)=O. The van der Waals surface area contributed by atoms with Crippen molar-refractivity contribution in [2.45, 2.75) is 38.6 Å². The Hall–Kier alpha value is -1.41. The van der Waals surface area contributed by atoms with E-state index in [4.69, 9.17) is 14.2 Å². The maximum atomic E-state index is 11.2. The van der Waals surface area contributed by atoms with Gasteiger partial charge in [-0.1, -0.05) is 18.2 Å². The van der Waals surface area contributed by atoms with E-state index in [1.807, 2.05) is 18.2 Å². The molecular formula is C17H19IO5. The molecule has 23 heavy (non-hydrogen) atoms. The molecular weight excluding hydrogens is 411 g/mol. The van der Waals surface area contributed by atoms with Crippen molar-refractivity contribution in [3.05, 3.63) is 45.6 Å². The summed E-state index contributed by atoms with van der Waals surface area (Å²) >= 11 is 2.26. The second-order valence-corrected chi connectivity index (χ2v) is 6.55. The van der Waals surface area contributed by atoms with Crippen LogP contribution in [0.2, 0.25) is 0 Å². The lowest BCUT2D eigenvalue weighted by Gasteiger charge is -2.31. The second kappa shape index (κ2) is 8.44. The van der Waals surface area contributed by atoms with E-state index < -0.39 is 18.2 Å². The number of carbonyl (C=O) groups excluding carboxylic acids is 2. The van der Waals surface area contributed by atoms with Crippen molar-refractivity contribution < 1.29 is 23.8 Å². The molecule has 0 spiro atoms. The number of halogens is 1. The zero-order valence-electron chi connectivity index (χ0n) is 13.0. The van der Waals surface area contributed by atoms with Crippen LogP contribution in [0.5, 0.6) is 0 Å². The summed E-state index contributed by atoms with van der Waals surface area (Å²) in [5.41, 5.74) is 1.15. The fourth-order valence-electron chi connectivity index (χ4n) is 2.31. The molecule has 0 radical (unpaired) electrons. The predicted octanol–water partition coefficient (Wildman–Crippen LogP) is 2.65. The van der Waals surface area contributed by atoms with Gasteiger partial charge < -0.3 is 14.2 Å². The van der Waals surface area contributed by atoms with Gasteiger partial charge in [0.05, 0.1) is 6.10 Å². The molecule has 0 unspecified atom stereocenters. The first-order valence-electron chi connectivity index (χ1n) is 7.33. The van der Waals surface area contributed by atoms with Crippen molar-refractivity contribution in [1.82, 2.24) is 0 Å². The first-order chi connectivity index (χ1) is 10.9. The summed E-state index contributed by atoms with van der Waals surface area (Å²) in [4.78, 5) is 22.2. The molecule has 1 aromatic rings. The van der Waals surface area contributed by atoms with E-state index in [1.54, 1.807) is 6.08 Å². The molecule has 0 N–H and O–H groups in total. The zero-order chi connectivity index (χ0) is 16.8. The first-order valence-corrected chi connectivity index (χ1v) is 8.40. The largest absolute Gasteiger partial charge is 0.463 e. The highest BCUT2D eigenvalue weighted by Crippen LogP contribution is 2.20. The summed E-state index contributed by atoms with van der Waals surface area (Å²) in [7, 11) is 0. The van der Waals surface area contributed by atoms with Crippen LogP contribution in [0.15, 0.2) is 36.4 Å². The normalized spacial score (nSPS) is 23.3. The van der Waals surface area contributed by atoms with Crippen LogP contribution in [0, 0.1) is 3.57 Å². The van der Waals surface area contributed by atoms with Crippen molar-refractivity contribution >= 4 is 34.5 Å². The maximum Gasteiger partial charge on any atom is 0.303 e. The number of carbonyl (C=O) groups is 2. The Labute approximate surface area is 149 Å². The van der Waals surface area contributed by atoms with Crippen LogP contribution in [0.4, 0.5) is 0 Å². The average Bonchev–Trinajstić information content (AvgIpc) is 2.49. The minimum absolute atomic E-state index is 0.0564. The van der Waals surface area contributed by atoms with Crippen LogP contribution in [0.3, 0.4) is 0 Å². The number of hydrogen-bond donors (Lipinski definition) is 0. The third-order valence-corrected chi connectivity index (χ3v) is 4.05. The van der Waals surface area contributed by atoms with E-state index in [2.05, 4.69) is 34.7 Å². The molecule has 3 atom stereocenters. The number of esters is 2. The van der Waals surface area contributed by atoms with Gasteiger partial charge in [0.2, 0.25) is 0 Å². The van der Waals surface area contributed by atoms with Gasteiger partial charge >= 0.3 is 11.9 Å². The minimum Gasteiger partial charge on any atom is -0.463 e. The number of hydrogen-bond acceptors (Lipinski definition) is 5. The quantitative estimate of drug-likeness (QED) is 0.409. The molecule has 0 saturated heterocycles. The molecule has 1 aliphatic heterocycles. The molecule has 0 saturated carbocycles. The van der Waals surface area contributed by atoms with Gasteiger partial charge in [0.25, 0.3) is 0 Å². The summed E-state index contributed by atoms with van der Waals surface area (Å²) in [6.45, 7) is 2.73. The van der Waals surface area contributed by atoms with Crippen molar-refractivity contribution in [1.29, 1.82) is 0 Å². The smallest absolute Gasteiger partial charge is 0.303 e. The summed E-state index contributed by atoms with van der Waals surface area (Å²) in [6, 6.07) is 8.19. The highest BCUT2D eigenvalue weighted by Gasteiger charge is 2.30. The monoisotopic (exact) mass is 430 g/mol. The fourth-order valence-corrected chi connectivity index (χ4v) is 2.67. The molecule has 6 heteroatoms. The van der Waals surface area contributed by atoms with Gasteiger partial charge in [-0.3, -0.25) is 9.59 Å². The van der Waals surface area contributed by atoms with Gasteiger partial charge in [0, 0.05) is 23.8 Å². The molecule has 0 bridgehead atoms. The molecule has 0 aliphatic carbocycles. The lowest BCUT2D eigenvalue weighted by atomic mass is 10.0. The molecule has 1 heterocycles. The Morgan fingerprint density at radius 1 is 1.13 bits per heavy atom. The first kappa shape index (κ1) is 17.9. The van der Waals surface area contributed by atoms with Gasteiger partial charge in [0.1, 0.15) is 18.8 Å². The molecule has 0 fully saturated rings. The van der Waals surface area contributed by atoms with Crippen LogP contribution in [0.25, 0.3) is 0 Å². The van der Waals surface area contributed by atoms with Gasteiger partial charge in [-0.2, -0.15) is 0 Å². The van der Waals surface area contributed by atoms with E-state index in [0.717, 1.165) is 5.56 Å². The van der Waals surface area contributed by atoms with Gasteiger partial charge in [-0.05, 0) is 46.4 Å². The van der Waals surface area contributed by atoms with Crippen molar-refractivity contribution in [2.75, 3.05) is 6.61 Å². The molecule has 1 aromatic carbocycles. The molecule has 124 valence electrons. The summed E-state index contributed by atoms with van der Waals surface area (Å²) in [5.74, 6) is -0.786. The molecule has 5 nitrogen and oxygen atoms in total. The Bertz CT molecular complexity index is 581. The van der Waals surface area contributed by atoms with Gasteiger partial charge in [-0.25, -0.2) is 0 Å². The Morgan fingerprint density at radius 2 is 1.83 bits per heavy atom. The number of benzene rings is 1. The van der Waals surface area contributed by atoms with Crippen LogP contribution in [0.1, 0.15) is 19.4 Å². The highest BCUT2D eigenvalue weighted by molar-refractivity contribution is 14.1. The van der Waals surface area contributed by atoms with Crippen LogP contribution in [-0.4, -0.2) is 36.9 Å². The molecule has 1 aliphatic rings. The molecule has 0 amide bonds. The van der Waals surface area contributed by atoms with Crippen LogP contribution >= 0.6 is 22.6 Å². The van der Waals surface area contributed by atoms with E-state index in [-0.39, 0.29) is 18.7 Å². The lowest BCUT2D eigenvalue weighted by molar-refractivity contribution is -0.163. The Morgan fingerprint density at radius 3 is 2.43 bits per heavy atom. The standard InChI is InChI=1S/C17H19IO5/c1-11(19)21-10-17-16(22-12(2)20)8-7-15(23-17)9-13-3-5-14(18)6-4-13/h3-8,15-17H,9-10H2,1-2H3/t15-,16+,17-/m1/s1. The zero-order valence-corrected chi connectivity index (χ0v) is 15.2. The highest BCUT2D eigenvalue weighted by atomic mass is 127. The number of rotatable bonds is 5. The van der Waals surface area contributed by atoms with E-state index in [9.17, 15) is 9.59 Å². The second-order valence-electron chi connectivity index (χ2n) is 5.31. The third kappa shape index (κ3) is 5.95. The van der Waals surface area contributed by atoms with Gasteiger partial charge in [0.15, 0.2) is 0 Å². The third-order valence-electron chi connectivity index (χ3n) is 3.33. The van der Waals surface area contributed by atoms with E-state index in [0.29, 0.717) is 6.42 Å². The fraction of sp³-hybridized carbons (Fsp3) is 0.412. The molecule has 0 aromatic heterocycles. The summed E-state index contributed by atoms with van der Waals surface area (Å²) in [5, 5.41) is 0. The minimum atomic E-state index is -0.542. The predicted molar refractivity (Wildman–Crippen MR) is 92.9 cm³/mol. The topological polar surface area (TPSA) is 61.8 Å². The Balaban J connectivity index is 2.03. The van der Waals surface area contributed by atoms with Crippen LogP contribution in [-0.2, 0) is 30.2 Å². The summed E-state index contributed by atoms with van der Waals surface area (Å²) < 4.78 is 17.3. The van der Waals surface area contributed by atoms with E-state index in [1.165, 1.54) is 17.4 Å². The van der Waals surface area contributed by atoms with Crippen molar-refractivity contribution in [3.63, 3.8) is 0 Å². The van der Waals surface area contributed by atoms with Crippen molar-refractivity contribution in [2.24, 2.45) is 0 Å². The van der Waals surface area contributed by atoms with Crippen LogP contribution < -0.4 is 0 Å². The molecule has 2 rings (SSSR count). The van der Waals surface area contributed by atoms with Crippen molar-refractivity contribution in [3.8, 4) is 0 Å².